The van der Waals surface area contributed by atoms with Gasteiger partial charge >= 0.3 is 5.97 Å². The largest absolute Gasteiger partial charge is 0.469 e. The lowest BCUT2D eigenvalue weighted by molar-refractivity contribution is -0.153. The normalized spacial score (nSPS) is 28.3. The first-order chi connectivity index (χ1) is 15.5. The van der Waals surface area contributed by atoms with Crippen molar-refractivity contribution in [3.8, 4) is 11.1 Å². The minimum absolute atomic E-state index is 0.0521. The number of carbonyl (C=O) groups is 1. The number of esters is 1. The van der Waals surface area contributed by atoms with Crippen molar-refractivity contribution in [1.82, 2.24) is 0 Å². The Balaban J connectivity index is 1.35. The Morgan fingerprint density at radius 1 is 0.812 bits per heavy atom. The highest BCUT2D eigenvalue weighted by Gasteiger charge is 2.38. The second-order valence-electron chi connectivity index (χ2n) is 10.6. The Morgan fingerprint density at radius 2 is 1.28 bits per heavy atom. The summed E-state index contributed by atoms with van der Waals surface area (Å²) in [4.78, 5) is 12.1. The van der Waals surface area contributed by atoms with E-state index in [1.807, 2.05) is 0 Å². The fourth-order valence-electron chi connectivity index (χ4n) is 6.13. The van der Waals surface area contributed by atoms with Gasteiger partial charge in [-0.05, 0) is 98.3 Å². The summed E-state index contributed by atoms with van der Waals surface area (Å²) in [5.41, 5.74) is 5.23. The fourth-order valence-corrected chi connectivity index (χ4v) is 6.13. The average Bonchev–Trinajstić information content (AvgIpc) is 2.85. The van der Waals surface area contributed by atoms with E-state index in [1.165, 1.54) is 67.9 Å². The maximum Gasteiger partial charge on any atom is 0.311 e. The summed E-state index contributed by atoms with van der Waals surface area (Å²) in [6.45, 7) is 4.37. The van der Waals surface area contributed by atoms with Gasteiger partial charge in [-0.25, -0.2) is 0 Å². The third-order valence-corrected chi connectivity index (χ3v) is 8.41. The molecule has 172 valence electrons. The number of carbonyl (C=O) groups excluding carboxylic acids is 1. The molecule has 2 aliphatic carbocycles. The lowest BCUT2D eigenvalue weighted by Crippen LogP contribution is -2.33. The number of benzene rings is 2. The molecule has 2 nitrogen and oxygen atoms in total. The SMILES string of the molecule is CCCC1CCC(c2ccc(-c3ccc(C4CCC(C)(C(=O)OC)CC4)cc3)cc2)CC1. The second-order valence-corrected chi connectivity index (χ2v) is 10.6. The second kappa shape index (κ2) is 10.2. The number of ether oxygens (including phenoxy) is 1. The van der Waals surface area contributed by atoms with Gasteiger partial charge in [-0.15, -0.1) is 0 Å². The number of methoxy groups -OCH3 is 1. The van der Waals surface area contributed by atoms with Crippen molar-refractivity contribution in [2.75, 3.05) is 7.11 Å². The Hall–Kier alpha value is -2.09. The molecule has 0 aromatic heterocycles. The molecule has 0 N–H and O–H groups in total. The van der Waals surface area contributed by atoms with Crippen molar-refractivity contribution in [2.24, 2.45) is 11.3 Å². The van der Waals surface area contributed by atoms with Crippen molar-refractivity contribution in [3.05, 3.63) is 59.7 Å². The maximum atomic E-state index is 12.1. The van der Waals surface area contributed by atoms with Crippen LogP contribution in [0, 0.1) is 11.3 Å². The maximum absolute atomic E-state index is 12.1. The highest BCUT2D eigenvalue weighted by atomic mass is 16.5. The molecule has 2 saturated carbocycles. The van der Waals surface area contributed by atoms with Crippen LogP contribution in [0.2, 0.25) is 0 Å². The van der Waals surface area contributed by atoms with Gasteiger partial charge in [0, 0.05) is 0 Å². The van der Waals surface area contributed by atoms with Crippen LogP contribution in [0.25, 0.3) is 11.1 Å². The Labute approximate surface area is 194 Å². The Morgan fingerprint density at radius 3 is 1.72 bits per heavy atom. The molecule has 0 atom stereocenters. The third kappa shape index (κ3) is 5.11. The zero-order valence-electron chi connectivity index (χ0n) is 20.2. The van der Waals surface area contributed by atoms with Gasteiger partial charge in [0.2, 0.25) is 0 Å². The van der Waals surface area contributed by atoms with Crippen LogP contribution in [-0.2, 0) is 9.53 Å². The molecular formula is C30H40O2. The minimum atomic E-state index is -0.303. The van der Waals surface area contributed by atoms with Crippen LogP contribution in [0.1, 0.15) is 101 Å². The van der Waals surface area contributed by atoms with Gasteiger partial charge in [0.25, 0.3) is 0 Å². The zero-order valence-corrected chi connectivity index (χ0v) is 20.2. The molecule has 0 saturated heterocycles. The van der Waals surface area contributed by atoms with Crippen molar-refractivity contribution >= 4 is 5.97 Å². The first kappa shape index (κ1) is 23.1. The molecule has 0 heterocycles. The summed E-state index contributed by atoms with van der Waals surface area (Å²) >= 11 is 0. The Bertz CT molecular complexity index is 864. The molecule has 4 rings (SSSR count). The molecule has 32 heavy (non-hydrogen) atoms. The summed E-state index contributed by atoms with van der Waals surface area (Å²) in [6.07, 6.45) is 12.2. The molecule has 0 bridgehead atoms. The predicted octanol–water partition coefficient (Wildman–Crippen LogP) is 8.26. The molecule has 0 radical (unpaired) electrons. The Kier molecular flexibility index (Phi) is 7.38. The van der Waals surface area contributed by atoms with Crippen LogP contribution in [0.5, 0.6) is 0 Å². The number of rotatable bonds is 6. The lowest BCUT2D eigenvalue weighted by atomic mass is 9.70. The monoisotopic (exact) mass is 432 g/mol. The lowest BCUT2D eigenvalue weighted by Gasteiger charge is -2.35. The van der Waals surface area contributed by atoms with E-state index in [1.54, 1.807) is 0 Å². The van der Waals surface area contributed by atoms with Crippen LogP contribution in [0.4, 0.5) is 0 Å². The fraction of sp³-hybridized carbons (Fsp3) is 0.567. The summed E-state index contributed by atoms with van der Waals surface area (Å²) in [6, 6.07) is 18.5. The summed E-state index contributed by atoms with van der Waals surface area (Å²) in [5.74, 6) is 2.21. The minimum Gasteiger partial charge on any atom is -0.469 e. The van der Waals surface area contributed by atoms with Gasteiger partial charge in [0.05, 0.1) is 12.5 Å². The topological polar surface area (TPSA) is 26.3 Å². The van der Waals surface area contributed by atoms with Crippen molar-refractivity contribution in [3.63, 3.8) is 0 Å². The van der Waals surface area contributed by atoms with E-state index in [0.717, 1.165) is 37.5 Å². The van der Waals surface area contributed by atoms with E-state index in [9.17, 15) is 4.79 Å². The molecule has 0 aliphatic heterocycles. The van der Waals surface area contributed by atoms with Gasteiger partial charge in [-0.1, -0.05) is 68.3 Å². The standard InChI is InChI=1S/C30H40O2/c1-4-5-22-6-8-23(9-7-22)24-10-12-25(13-11-24)26-14-16-27(17-15-26)28-18-20-30(2,21-19-28)29(31)32-3/h10-17,22-23,28H,4-9,18-21H2,1-3H3. The first-order valence-corrected chi connectivity index (χ1v) is 12.8. The zero-order chi connectivity index (χ0) is 22.6. The van der Waals surface area contributed by atoms with E-state index in [0.29, 0.717) is 5.92 Å². The van der Waals surface area contributed by atoms with Crippen molar-refractivity contribution < 1.29 is 9.53 Å². The van der Waals surface area contributed by atoms with Crippen LogP contribution in [-0.4, -0.2) is 13.1 Å². The van der Waals surface area contributed by atoms with Gasteiger partial charge in [-0.3, -0.25) is 4.79 Å². The van der Waals surface area contributed by atoms with Gasteiger partial charge in [-0.2, -0.15) is 0 Å². The number of hydrogen-bond acceptors (Lipinski definition) is 2. The smallest absolute Gasteiger partial charge is 0.311 e. The number of hydrogen-bond donors (Lipinski definition) is 0. The highest BCUT2D eigenvalue weighted by molar-refractivity contribution is 5.76. The molecule has 2 aromatic carbocycles. The van der Waals surface area contributed by atoms with Crippen LogP contribution >= 0.6 is 0 Å². The van der Waals surface area contributed by atoms with Gasteiger partial charge in [0.15, 0.2) is 0 Å². The van der Waals surface area contributed by atoms with Gasteiger partial charge in [0.1, 0.15) is 0 Å². The van der Waals surface area contributed by atoms with Crippen LogP contribution < -0.4 is 0 Å². The average molecular weight is 433 g/mol. The highest BCUT2D eigenvalue weighted by Crippen LogP contribution is 2.44. The van der Waals surface area contributed by atoms with Gasteiger partial charge < -0.3 is 4.74 Å². The van der Waals surface area contributed by atoms with E-state index in [2.05, 4.69) is 62.4 Å². The third-order valence-electron chi connectivity index (χ3n) is 8.41. The molecular weight excluding hydrogens is 392 g/mol. The molecule has 0 spiro atoms. The van der Waals surface area contributed by atoms with E-state index >= 15 is 0 Å². The molecule has 2 aromatic rings. The van der Waals surface area contributed by atoms with Crippen LogP contribution in [0.15, 0.2) is 48.5 Å². The van der Waals surface area contributed by atoms with E-state index in [4.69, 9.17) is 4.74 Å². The molecule has 2 aliphatic rings. The van der Waals surface area contributed by atoms with E-state index in [-0.39, 0.29) is 11.4 Å². The van der Waals surface area contributed by atoms with Crippen LogP contribution in [0.3, 0.4) is 0 Å². The van der Waals surface area contributed by atoms with Crippen molar-refractivity contribution in [1.29, 1.82) is 0 Å². The molecule has 2 heteroatoms. The quantitative estimate of drug-likeness (QED) is 0.429. The van der Waals surface area contributed by atoms with E-state index < -0.39 is 0 Å². The molecule has 0 unspecified atom stereocenters. The summed E-state index contributed by atoms with van der Waals surface area (Å²) in [7, 11) is 1.50. The first-order valence-electron chi connectivity index (χ1n) is 12.8. The summed E-state index contributed by atoms with van der Waals surface area (Å²) < 4.78 is 5.02. The predicted molar refractivity (Wildman–Crippen MR) is 133 cm³/mol. The molecule has 0 amide bonds. The van der Waals surface area contributed by atoms with Crippen molar-refractivity contribution in [2.45, 2.75) is 89.9 Å². The summed E-state index contributed by atoms with van der Waals surface area (Å²) in [5, 5.41) is 0. The molecule has 2 fully saturated rings.